The molecule has 1 aliphatic heterocycles. The van der Waals surface area contributed by atoms with E-state index in [0.717, 1.165) is 13.0 Å². The lowest BCUT2D eigenvalue weighted by atomic mass is 10.0. The number of hydrogen-bond donors (Lipinski definition) is 2. The van der Waals surface area contributed by atoms with Crippen molar-refractivity contribution in [1.82, 2.24) is 10.6 Å². The molecule has 0 aliphatic carbocycles. The van der Waals surface area contributed by atoms with Gasteiger partial charge in [-0.2, -0.15) is 0 Å². The lowest BCUT2D eigenvalue weighted by Gasteiger charge is -2.27. The maximum absolute atomic E-state index is 11.2. The minimum Gasteiger partial charge on any atom is -0.355 e. The van der Waals surface area contributed by atoms with Crippen LogP contribution in [0.15, 0.2) is 42.5 Å². The van der Waals surface area contributed by atoms with Crippen LogP contribution in [0.5, 0.6) is 0 Å². The Kier molecular flexibility index (Phi) is 3.70. The zero-order valence-electron chi connectivity index (χ0n) is 11.7. The van der Waals surface area contributed by atoms with Crippen LogP contribution in [0, 0.1) is 0 Å². The number of nitrogens with one attached hydrogen (secondary N) is 2. The smallest absolute Gasteiger partial charge is 0.220 e. The Labute approximate surface area is 119 Å². The highest BCUT2D eigenvalue weighted by Crippen LogP contribution is 2.21. The van der Waals surface area contributed by atoms with E-state index in [9.17, 15) is 4.79 Å². The van der Waals surface area contributed by atoms with Gasteiger partial charge in [-0.15, -0.1) is 0 Å². The number of hydrogen-bond acceptors (Lipinski definition) is 2. The molecular formula is C17H20N2O. The Morgan fingerprint density at radius 1 is 1.20 bits per heavy atom. The number of piperidine rings is 1. The van der Waals surface area contributed by atoms with Gasteiger partial charge in [0.2, 0.25) is 5.91 Å². The number of fused-ring (bicyclic) bond motifs is 1. The molecular weight excluding hydrogens is 248 g/mol. The quantitative estimate of drug-likeness (QED) is 0.898. The standard InChI is InChI=1S/C17H20N2O/c1-12(19-16-8-9-17(20)18-11-16)14-7-6-13-4-2-3-5-15(13)10-14/h2-7,10,12,16,19H,8-9,11H2,1H3,(H,18,20). The lowest BCUT2D eigenvalue weighted by Crippen LogP contribution is -2.46. The van der Waals surface area contributed by atoms with Crippen LogP contribution in [0.2, 0.25) is 0 Å². The maximum atomic E-state index is 11.2. The minimum absolute atomic E-state index is 0.168. The number of benzene rings is 2. The van der Waals surface area contributed by atoms with E-state index in [-0.39, 0.29) is 5.91 Å². The fourth-order valence-corrected chi connectivity index (χ4v) is 2.80. The summed E-state index contributed by atoms with van der Waals surface area (Å²) in [5.41, 5.74) is 1.29. The summed E-state index contributed by atoms with van der Waals surface area (Å²) < 4.78 is 0. The van der Waals surface area contributed by atoms with E-state index in [4.69, 9.17) is 0 Å². The van der Waals surface area contributed by atoms with Gasteiger partial charge in [-0.1, -0.05) is 36.4 Å². The van der Waals surface area contributed by atoms with Crippen molar-refractivity contribution in [1.29, 1.82) is 0 Å². The number of rotatable bonds is 3. The van der Waals surface area contributed by atoms with Gasteiger partial charge in [0, 0.05) is 25.0 Å². The molecule has 2 N–H and O–H groups in total. The van der Waals surface area contributed by atoms with E-state index in [2.05, 4.69) is 60.0 Å². The third kappa shape index (κ3) is 2.83. The second kappa shape index (κ2) is 5.63. The van der Waals surface area contributed by atoms with Crippen molar-refractivity contribution in [3.63, 3.8) is 0 Å². The number of carbonyl (C=O) groups is 1. The molecule has 0 saturated carbocycles. The molecule has 3 rings (SSSR count). The lowest BCUT2D eigenvalue weighted by molar-refractivity contribution is -0.122. The Morgan fingerprint density at radius 2 is 2.00 bits per heavy atom. The first-order valence-electron chi connectivity index (χ1n) is 7.24. The molecule has 1 aliphatic rings. The highest BCUT2D eigenvalue weighted by molar-refractivity contribution is 5.83. The average Bonchev–Trinajstić information content (AvgIpc) is 2.49. The van der Waals surface area contributed by atoms with E-state index in [1.807, 2.05) is 0 Å². The summed E-state index contributed by atoms with van der Waals surface area (Å²) in [4.78, 5) is 11.2. The van der Waals surface area contributed by atoms with Crippen molar-refractivity contribution in [3.8, 4) is 0 Å². The van der Waals surface area contributed by atoms with Crippen molar-refractivity contribution in [3.05, 3.63) is 48.0 Å². The Bertz CT molecular complexity index is 613. The van der Waals surface area contributed by atoms with Crippen LogP contribution >= 0.6 is 0 Å². The Hall–Kier alpha value is -1.87. The molecule has 2 atom stereocenters. The van der Waals surface area contributed by atoms with Gasteiger partial charge < -0.3 is 10.6 Å². The van der Waals surface area contributed by atoms with Crippen molar-refractivity contribution < 1.29 is 4.79 Å². The third-order valence-electron chi connectivity index (χ3n) is 4.02. The molecule has 2 aromatic rings. The van der Waals surface area contributed by atoms with Crippen LogP contribution in [0.4, 0.5) is 0 Å². The summed E-state index contributed by atoms with van der Waals surface area (Å²) >= 11 is 0. The van der Waals surface area contributed by atoms with Crippen LogP contribution in [-0.4, -0.2) is 18.5 Å². The van der Waals surface area contributed by atoms with Crippen LogP contribution in [0.25, 0.3) is 10.8 Å². The predicted octanol–water partition coefficient (Wildman–Crippen LogP) is 2.77. The minimum atomic E-state index is 0.168. The first kappa shape index (κ1) is 13.1. The molecule has 1 heterocycles. The van der Waals surface area contributed by atoms with Crippen molar-refractivity contribution in [2.75, 3.05) is 6.54 Å². The SMILES string of the molecule is CC(NC1CCC(=O)NC1)c1ccc2ccccc2c1. The third-order valence-corrected chi connectivity index (χ3v) is 4.02. The van der Waals surface area contributed by atoms with Gasteiger partial charge in [0.1, 0.15) is 0 Å². The van der Waals surface area contributed by atoms with Crippen LogP contribution < -0.4 is 10.6 Å². The number of amides is 1. The monoisotopic (exact) mass is 268 g/mol. The maximum Gasteiger partial charge on any atom is 0.220 e. The number of carbonyl (C=O) groups excluding carboxylic acids is 1. The molecule has 1 saturated heterocycles. The summed E-state index contributed by atoms with van der Waals surface area (Å²) in [5.74, 6) is 0.168. The van der Waals surface area contributed by atoms with Gasteiger partial charge in [-0.25, -0.2) is 0 Å². The van der Waals surface area contributed by atoms with Gasteiger partial charge in [0.05, 0.1) is 0 Å². The topological polar surface area (TPSA) is 41.1 Å². The fourth-order valence-electron chi connectivity index (χ4n) is 2.80. The molecule has 3 nitrogen and oxygen atoms in total. The molecule has 0 aromatic heterocycles. The second-order valence-electron chi connectivity index (χ2n) is 5.53. The summed E-state index contributed by atoms with van der Waals surface area (Å²) in [5, 5.41) is 9.07. The van der Waals surface area contributed by atoms with E-state index in [0.29, 0.717) is 18.5 Å². The second-order valence-corrected chi connectivity index (χ2v) is 5.53. The van der Waals surface area contributed by atoms with Gasteiger partial charge >= 0.3 is 0 Å². The molecule has 104 valence electrons. The Balaban J connectivity index is 1.71. The van der Waals surface area contributed by atoms with Crippen molar-refractivity contribution in [2.24, 2.45) is 0 Å². The highest BCUT2D eigenvalue weighted by atomic mass is 16.1. The van der Waals surface area contributed by atoms with E-state index >= 15 is 0 Å². The van der Waals surface area contributed by atoms with Crippen LogP contribution in [-0.2, 0) is 4.79 Å². The molecule has 0 radical (unpaired) electrons. The molecule has 0 bridgehead atoms. The summed E-state index contributed by atoms with van der Waals surface area (Å²) in [6.07, 6.45) is 1.55. The Morgan fingerprint density at radius 3 is 2.75 bits per heavy atom. The molecule has 2 unspecified atom stereocenters. The largest absolute Gasteiger partial charge is 0.355 e. The molecule has 20 heavy (non-hydrogen) atoms. The normalized spacial score (nSPS) is 20.6. The van der Waals surface area contributed by atoms with E-state index in [1.165, 1.54) is 16.3 Å². The summed E-state index contributed by atoms with van der Waals surface area (Å²) in [6, 6.07) is 15.7. The molecule has 3 heteroatoms. The van der Waals surface area contributed by atoms with E-state index < -0.39 is 0 Å². The van der Waals surface area contributed by atoms with Gasteiger partial charge in [0.25, 0.3) is 0 Å². The first-order chi connectivity index (χ1) is 9.72. The molecule has 0 spiro atoms. The van der Waals surface area contributed by atoms with Gasteiger partial charge in [-0.3, -0.25) is 4.79 Å². The highest BCUT2D eigenvalue weighted by Gasteiger charge is 2.19. The molecule has 1 amide bonds. The summed E-state index contributed by atoms with van der Waals surface area (Å²) in [7, 11) is 0. The zero-order valence-corrected chi connectivity index (χ0v) is 11.7. The van der Waals surface area contributed by atoms with Crippen LogP contribution in [0.3, 0.4) is 0 Å². The molecule has 2 aromatic carbocycles. The van der Waals surface area contributed by atoms with Gasteiger partial charge in [0.15, 0.2) is 0 Å². The predicted molar refractivity (Wildman–Crippen MR) is 81.5 cm³/mol. The average molecular weight is 268 g/mol. The first-order valence-corrected chi connectivity index (χ1v) is 7.24. The summed E-state index contributed by atoms with van der Waals surface area (Å²) in [6.45, 7) is 2.91. The van der Waals surface area contributed by atoms with Crippen molar-refractivity contribution >= 4 is 16.7 Å². The van der Waals surface area contributed by atoms with Gasteiger partial charge in [-0.05, 0) is 35.7 Å². The van der Waals surface area contributed by atoms with Crippen LogP contribution in [0.1, 0.15) is 31.4 Å². The molecule has 1 fully saturated rings. The fraction of sp³-hybridized carbons (Fsp3) is 0.353. The zero-order chi connectivity index (χ0) is 13.9. The van der Waals surface area contributed by atoms with Crippen molar-refractivity contribution in [2.45, 2.75) is 31.8 Å². The van der Waals surface area contributed by atoms with E-state index in [1.54, 1.807) is 0 Å².